The Morgan fingerprint density at radius 3 is 2.79 bits per heavy atom. The molecule has 4 nitrogen and oxygen atoms in total. The fraction of sp³-hybridized carbons (Fsp3) is 0.286. The zero-order valence-electron chi connectivity index (χ0n) is 10.8. The van der Waals surface area contributed by atoms with Crippen LogP contribution in [0.5, 0.6) is 0 Å². The molecule has 1 unspecified atom stereocenters. The van der Waals surface area contributed by atoms with Crippen molar-refractivity contribution in [3.63, 3.8) is 0 Å². The van der Waals surface area contributed by atoms with Crippen LogP contribution >= 0.6 is 11.3 Å². The molecule has 0 saturated carbocycles. The number of amides is 1. The van der Waals surface area contributed by atoms with Crippen LogP contribution in [0.25, 0.3) is 0 Å². The quantitative estimate of drug-likeness (QED) is 0.878. The molecule has 0 radical (unpaired) electrons. The highest BCUT2D eigenvalue weighted by Gasteiger charge is 2.12. The Labute approximate surface area is 116 Å². The highest BCUT2D eigenvalue weighted by molar-refractivity contribution is 7.09. The first kappa shape index (κ1) is 13.7. The maximum absolute atomic E-state index is 11.9. The van der Waals surface area contributed by atoms with Gasteiger partial charge in [0.15, 0.2) is 0 Å². The standard InChI is InChI=1S/C14H17N3OS/c1-10(11-5-3-2-4-6-11)8-16-14(18)12-9-19-13(7-15)17-12/h2-6,9-10H,7-8,15H2,1H3,(H,16,18). The van der Waals surface area contributed by atoms with Gasteiger partial charge in [-0.1, -0.05) is 37.3 Å². The summed E-state index contributed by atoms with van der Waals surface area (Å²) in [7, 11) is 0. The van der Waals surface area contributed by atoms with Gasteiger partial charge in [-0.2, -0.15) is 0 Å². The zero-order valence-corrected chi connectivity index (χ0v) is 11.6. The van der Waals surface area contributed by atoms with E-state index in [1.54, 1.807) is 5.38 Å². The minimum atomic E-state index is -0.140. The molecule has 0 saturated heterocycles. The highest BCUT2D eigenvalue weighted by Crippen LogP contribution is 2.14. The highest BCUT2D eigenvalue weighted by atomic mass is 32.1. The summed E-state index contributed by atoms with van der Waals surface area (Å²) in [4.78, 5) is 16.1. The monoisotopic (exact) mass is 275 g/mol. The predicted octanol–water partition coefficient (Wildman–Crippen LogP) is 2.14. The lowest BCUT2D eigenvalue weighted by molar-refractivity contribution is 0.0947. The van der Waals surface area contributed by atoms with E-state index in [0.29, 0.717) is 18.8 Å². The van der Waals surface area contributed by atoms with Crippen LogP contribution in [0.1, 0.15) is 33.9 Å². The van der Waals surface area contributed by atoms with Crippen LogP contribution in [-0.4, -0.2) is 17.4 Å². The average molecular weight is 275 g/mol. The second kappa shape index (κ2) is 6.45. The van der Waals surface area contributed by atoms with Crippen molar-refractivity contribution < 1.29 is 4.79 Å². The van der Waals surface area contributed by atoms with Gasteiger partial charge in [0, 0.05) is 18.5 Å². The Bertz CT molecular complexity index is 539. The van der Waals surface area contributed by atoms with Crippen molar-refractivity contribution >= 4 is 17.2 Å². The smallest absolute Gasteiger partial charge is 0.270 e. The third-order valence-corrected chi connectivity index (χ3v) is 3.77. The van der Waals surface area contributed by atoms with E-state index in [2.05, 4.69) is 29.4 Å². The molecule has 3 N–H and O–H groups in total. The van der Waals surface area contributed by atoms with Gasteiger partial charge in [0.2, 0.25) is 0 Å². The summed E-state index contributed by atoms with van der Waals surface area (Å²) in [6.07, 6.45) is 0. The third kappa shape index (κ3) is 3.62. The molecule has 1 atom stereocenters. The SMILES string of the molecule is CC(CNC(=O)c1csc(CN)n1)c1ccccc1. The van der Waals surface area contributed by atoms with Crippen LogP contribution < -0.4 is 11.1 Å². The fourth-order valence-corrected chi connectivity index (χ4v) is 2.40. The van der Waals surface area contributed by atoms with E-state index in [1.165, 1.54) is 16.9 Å². The van der Waals surface area contributed by atoms with E-state index in [1.807, 2.05) is 18.2 Å². The van der Waals surface area contributed by atoms with Crippen molar-refractivity contribution in [3.8, 4) is 0 Å². The normalized spacial score (nSPS) is 12.1. The summed E-state index contributed by atoms with van der Waals surface area (Å²) in [5.41, 5.74) is 7.14. The molecule has 2 rings (SSSR count). The van der Waals surface area contributed by atoms with Crippen LogP contribution in [0.4, 0.5) is 0 Å². The van der Waals surface area contributed by atoms with Crippen LogP contribution in [0, 0.1) is 0 Å². The number of benzene rings is 1. The molecule has 2 aromatic rings. The van der Waals surface area contributed by atoms with Crippen molar-refractivity contribution in [1.82, 2.24) is 10.3 Å². The Morgan fingerprint density at radius 1 is 1.42 bits per heavy atom. The van der Waals surface area contributed by atoms with Gasteiger partial charge in [-0.3, -0.25) is 4.79 Å². The number of aromatic nitrogens is 1. The largest absolute Gasteiger partial charge is 0.350 e. The molecule has 19 heavy (non-hydrogen) atoms. The first-order valence-corrected chi connectivity index (χ1v) is 7.06. The van der Waals surface area contributed by atoms with Gasteiger partial charge in [0.25, 0.3) is 5.91 Å². The number of carbonyl (C=O) groups is 1. The van der Waals surface area contributed by atoms with Crippen LogP contribution in [0.3, 0.4) is 0 Å². The molecule has 0 aliphatic carbocycles. The van der Waals surface area contributed by atoms with E-state index in [4.69, 9.17) is 5.73 Å². The van der Waals surface area contributed by atoms with E-state index in [-0.39, 0.29) is 11.8 Å². The summed E-state index contributed by atoms with van der Waals surface area (Å²) < 4.78 is 0. The first-order chi connectivity index (χ1) is 9.20. The van der Waals surface area contributed by atoms with E-state index in [9.17, 15) is 4.79 Å². The minimum absolute atomic E-state index is 0.140. The average Bonchev–Trinajstić information content (AvgIpc) is 2.94. The number of rotatable bonds is 5. The number of hydrogen-bond donors (Lipinski definition) is 2. The lowest BCUT2D eigenvalue weighted by atomic mass is 10.0. The molecule has 5 heteroatoms. The zero-order chi connectivity index (χ0) is 13.7. The predicted molar refractivity (Wildman–Crippen MR) is 77.2 cm³/mol. The summed E-state index contributed by atoms with van der Waals surface area (Å²) >= 11 is 1.41. The topological polar surface area (TPSA) is 68.0 Å². The molecule has 1 aromatic carbocycles. The van der Waals surface area contributed by atoms with Gasteiger partial charge in [-0.15, -0.1) is 11.3 Å². The number of thiazole rings is 1. The molecule has 100 valence electrons. The van der Waals surface area contributed by atoms with Gasteiger partial charge in [-0.25, -0.2) is 4.98 Å². The Morgan fingerprint density at radius 2 is 2.16 bits per heavy atom. The molecule has 1 aromatic heterocycles. The molecular weight excluding hydrogens is 258 g/mol. The van der Waals surface area contributed by atoms with Crippen LogP contribution in [0.15, 0.2) is 35.7 Å². The third-order valence-electron chi connectivity index (χ3n) is 2.90. The summed E-state index contributed by atoms with van der Waals surface area (Å²) in [5.74, 6) is 0.136. The molecular formula is C14H17N3OS. The van der Waals surface area contributed by atoms with Gasteiger partial charge in [0.05, 0.1) is 0 Å². The first-order valence-electron chi connectivity index (χ1n) is 6.18. The lowest BCUT2D eigenvalue weighted by Crippen LogP contribution is -2.27. The van der Waals surface area contributed by atoms with Crippen molar-refractivity contribution in [2.24, 2.45) is 5.73 Å². The van der Waals surface area contributed by atoms with Gasteiger partial charge in [0.1, 0.15) is 10.7 Å². The van der Waals surface area contributed by atoms with Gasteiger partial charge >= 0.3 is 0 Å². The van der Waals surface area contributed by atoms with Crippen molar-refractivity contribution in [3.05, 3.63) is 52.0 Å². The maximum atomic E-state index is 11.9. The Hall–Kier alpha value is -1.72. The Kier molecular flexibility index (Phi) is 4.65. The Balaban J connectivity index is 1.90. The molecule has 0 bridgehead atoms. The molecule has 0 fully saturated rings. The van der Waals surface area contributed by atoms with Crippen LogP contribution in [-0.2, 0) is 6.54 Å². The summed E-state index contributed by atoms with van der Waals surface area (Å²) in [6, 6.07) is 10.1. The van der Waals surface area contributed by atoms with Crippen molar-refractivity contribution in [2.75, 3.05) is 6.54 Å². The number of hydrogen-bond acceptors (Lipinski definition) is 4. The minimum Gasteiger partial charge on any atom is -0.350 e. The lowest BCUT2D eigenvalue weighted by Gasteiger charge is -2.12. The number of nitrogens with one attached hydrogen (secondary N) is 1. The fourth-order valence-electron chi connectivity index (χ4n) is 1.74. The summed E-state index contributed by atoms with van der Waals surface area (Å²) in [5, 5.41) is 5.42. The van der Waals surface area contributed by atoms with Gasteiger partial charge in [-0.05, 0) is 11.5 Å². The number of carbonyl (C=O) groups excluding carboxylic acids is 1. The van der Waals surface area contributed by atoms with Crippen molar-refractivity contribution in [1.29, 1.82) is 0 Å². The molecule has 0 aliphatic rings. The number of nitrogens with zero attached hydrogens (tertiary/aromatic N) is 1. The molecule has 0 spiro atoms. The molecule has 1 amide bonds. The van der Waals surface area contributed by atoms with Crippen LogP contribution in [0.2, 0.25) is 0 Å². The van der Waals surface area contributed by atoms with Gasteiger partial charge < -0.3 is 11.1 Å². The number of nitrogens with two attached hydrogens (primary N) is 1. The molecule has 1 heterocycles. The van der Waals surface area contributed by atoms with Crippen molar-refractivity contribution in [2.45, 2.75) is 19.4 Å². The molecule has 0 aliphatic heterocycles. The summed E-state index contributed by atoms with van der Waals surface area (Å²) in [6.45, 7) is 3.05. The van der Waals surface area contributed by atoms with E-state index >= 15 is 0 Å². The van der Waals surface area contributed by atoms with E-state index in [0.717, 1.165) is 5.01 Å². The van der Waals surface area contributed by atoms with E-state index < -0.39 is 0 Å². The second-order valence-electron chi connectivity index (χ2n) is 4.35. The maximum Gasteiger partial charge on any atom is 0.270 e. The second-order valence-corrected chi connectivity index (χ2v) is 5.30.